The molecule has 0 unspecified atom stereocenters. The van der Waals surface area contributed by atoms with E-state index in [1.54, 1.807) is 12.1 Å². The van der Waals surface area contributed by atoms with Gasteiger partial charge < -0.3 is 9.84 Å². The maximum atomic E-state index is 12.5. The lowest BCUT2D eigenvalue weighted by Gasteiger charge is -2.10. The highest BCUT2D eigenvalue weighted by molar-refractivity contribution is 14.1. The first kappa shape index (κ1) is 22.1. The van der Waals surface area contributed by atoms with E-state index >= 15 is 0 Å². The van der Waals surface area contributed by atoms with Crippen molar-refractivity contribution >= 4 is 57.1 Å². The summed E-state index contributed by atoms with van der Waals surface area (Å²) in [4.78, 5) is 12.5. The number of benzene rings is 4. The summed E-state index contributed by atoms with van der Waals surface area (Å²) >= 11 is 8.36. The number of nitrogens with zero attached hydrogens (tertiary/aromatic N) is 1. The summed E-state index contributed by atoms with van der Waals surface area (Å²) in [5.41, 5.74) is 4.33. The van der Waals surface area contributed by atoms with Crippen LogP contribution in [0.3, 0.4) is 0 Å². The molecule has 0 aliphatic heterocycles. The number of fused-ring (bicyclic) bond motifs is 1. The third kappa shape index (κ3) is 5.20. The number of hydrogen-bond acceptors (Lipinski definition) is 4. The first-order valence-corrected chi connectivity index (χ1v) is 11.2. The predicted molar refractivity (Wildman–Crippen MR) is 136 cm³/mol. The van der Waals surface area contributed by atoms with Crippen molar-refractivity contribution in [3.05, 3.63) is 104 Å². The number of rotatable bonds is 6. The van der Waals surface area contributed by atoms with Crippen LogP contribution in [-0.2, 0) is 6.61 Å². The van der Waals surface area contributed by atoms with Crippen LogP contribution in [0.15, 0.2) is 84.0 Å². The van der Waals surface area contributed by atoms with Crippen LogP contribution in [0.4, 0.5) is 0 Å². The van der Waals surface area contributed by atoms with Gasteiger partial charge in [0.25, 0.3) is 5.91 Å². The fourth-order valence-corrected chi connectivity index (χ4v) is 4.01. The summed E-state index contributed by atoms with van der Waals surface area (Å²) in [6.45, 7) is 0.369. The second-order valence-electron chi connectivity index (χ2n) is 6.99. The smallest absolute Gasteiger partial charge is 0.275 e. The molecule has 1 amide bonds. The third-order valence-electron chi connectivity index (χ3n) is 4.79. The normalized spacial score (nSPS) is 11.1. The van der Waals surface area contributed by atoms with Crippen LogP contribution >= 0.6 is 34.2 Å². The highest BCUT2D eigenvalue weighted by atomic mass is 127. The van der Waals surface area contributed by atoms with Crippen molar-refractivity contribution in [3.63, 3.8) is 0 Å². The number of halogens is 2. The topological polar surface area (TPSA) is 70.9 Å². The zero-order valence-corrected chi connectivity index (χ0v) is 19.7. The van der Waals surface area contributed by atoms with Crippen LogP contribution < -0.4 is 10.2 Å². The molecule has 2 N–H and O–H groups in total. The average Bonchev–Trinajstić information content (AvgIpc) is 2.79. The lowest BCUT2D eigenvalue weighted by atomic mass is 10.1. The number of phenols is 1. The zero-order valence-electron chi connectivity index (χ0n) is 16.8. The van der Waals surface area contributed by atoms with Crippen molar-refractivity contribution < 1.29 is 14.6 Å². The largest absolute Gasteiger partial charge is 0.507 e. The number of carbonyl (C=O) groups excluding carboxylic acids is 1. The van der Waals surface area contributed by atoms with Gasteiger partial charge in [-0.1, -0.05) is 54.1 Å². The van der Waals surface area contributed by atoms with E-state index in [9.17, 15) is 9.90 Å². The molecule has 0 aromatic heterocycles. The van der Waals surface area contributed by atoms with Gasteiger partial charge in [-0.2, -0.15) is 5.10 Å². The molecule has 7 heteroatoms. The number of nitrogens with one attached hydrogen (secondary N) is 1. The number of carbonyl (C=O) groups is 1. The Hall–Kier alpha value is -3.10. The van der Waals surface area contributed by atoms with E-state index in [1.165, 1.54) is 6.21 Å². The molecule has 0 spiro atoms. The SMILES string of the molecule is O=C(NN=Cc1ccc(OCc2ccccc2Cl)c(I)c1)c1cc2ccccc2cc1O. The van der Waals surface area contributed by atoms with Crippen molar-refractivity contribution in [1.82, 2.24) is 5.43 Å². The van der Waals surface area contributed by atoms with E-state index in [0.29, 0.717) is 11.6 Å². The Labute approximate surface area is 203 Å². The summed E-state index contributed by atoms with van der Waals surface area (Å²) in [6.07, 6.45) is 1.54. The minimum absolute atomic E-state index is 0.0917. The standard InChI is InChI=1S/C25H18ClIN2O3/c26-21-8-4-3-7-19(21)15-32-24-10-9-16(11-22(24)27)14-28-29-25(31)20-12-17-5-1-2-6-18(17)13-23(20)30/h1-14,30H,15H2,(H,29,31). The molecule has 0 heterocycles. The molecular weight excluding hydrogens is 539 g/mol. The third-order valence-corrected chi connectivity index (χ3v) is 6.00. The van der Waals surface area contributed by atoms with Crippen molar-refractivity contribution in [2.45, 2.75) is 6.61 Å². The molecule has 0 radical (unpaired) electrons. The van der Waals surface area contributed by atoms with Gasteiger partial charge in [0.15, 0.2) is 0 Å². The van der Waals surface area contributed by atoms with Gasteiger partial charge in [-0.3, -0.25) is 4.79 Å². The van der Waals surface area contributed by atoms with Crippen molar-refractivity contribution in [3.8, 4) is 11.5 Å². The van der Waals surface area contributed by atoms with E-state index in [0.717, 1.165) is 31.2 Å². The Kier molecular flexibility index (Phi) is 6.92. The summed E-state index contributed by atoms with van der Waals surface area (Å²) in [5, 5.41) is 16.6. The molecule has 0 aliphatic rings. The predicted octanol–water partition coefficient (Wildman–Crippen LogP) is 6.15. The molecular formula is C25H18ClIN2O3. The Morgan fingerprint density at radius 2 is 1.75 bits per heavy atom. The lowest BCUT2D eigenvalue weighted by Crippen LogP contribution is -2.17. The van der Waals surface area contributed by atoms with Crippen LogP contribution in [0.1, 0.15) is 21.5 Å². The zero-order chi connectivity index (χ0) is 22.5. The molecule has 160 valence electrons. The van der Waals surface area contributed by atoms with Crippen molar-refractivity contribution in [2.75, 3.05) is 0 Å². The van der Waals surface area contributed by atoms with Gasteiger partial charge in [-0.05, 0) is 75.3 Å². The second kappa shape index (κ2) is 10.0. The van der Waals surface area contributed by atoms with Gasteiger partial charge in [0, 0.05) is 10.6 Å². The number of ether oxygens (including phenoxy) is 1. The highest BCUT2D eigenvalue weighted by Gasteiger charge is 2.12. The first-order chi connectivity index (χ1) is 15.5. The van der Waals surface area contributed by atoms with Gasteiger partial charge in [-0.25, -0.2) is 5.43 Å². The van der Waals surface area contributed by atoms with Crippen LogP contribution in [0.2, 0.25) is 5.02 Å². The van der Waals surface area contributed by atoms with Gasteiger partial charge in [-0.15, -0.1) is 0 Å². The molecule has 0 saturated carbocycles. The molecule has 4 aromatic rings. The molecule has 5 nitrogen and oxygen atoms in total. The quantitative estimate of drug-likeness (QED) is 0.170. The summed E-state index contributed by atoms with van der Waals surface area (Å²) in [6, 6.07) is 23.8. The van der Waals surface area contributed by atoms with E-state index < -0.39 is 5.91 Å². The molecule has 0 bridgehead atoms. The van der Waals surface area contributed by atoms with Crippen LogP contribution in [0.5, 0.6) is 11.5 Å². The molecule has 0 saturated heterocycles. The van der Waals surface area contributed by atoms with E-state index in [4.69, 9.17) is 16.3 Å². The Balaban J connectivity index is 1.40. The fraction of sp³-hybridized carbons (Fsp3) is 0.0400. The van der Waals surface area contributed by atoms with E-state index in [-0.39, 0.29) is 11.3 Å². The molecule has 4 aromatic carbocycles. The lowest BCUT2D eigenvalue weighted by molar-refractivity contribution is 0.0952. The van der Waals surface area contributed by atoms with Crippen LogP contribution in [0, 0.1) is 3.57 Å². The van der Waals surface area contributed by atoms with Gasteiger partial charge in [0.1, 0.15) is 18.1 Å². The maximum Gasteiger partial charge on any atom is 0.275 e. The minimum Gasteiger partial charge on any atom is -0.507 e. The number of hydrazone groups is 1. The molecule has 0 fully saturated rings. The van der Waals surface area contributed by atoms with Gasteiger partial charge in [0.2, 0.25) is 0 Å². The summed E-state index contributed by atoms with van der Waals surface area (Å²) < 4.78 is 6.77. The van der Waals surface area contributed by atoms with E-state index in [2.05, 4.69) is 33.1 Å². The number of hydrogen-bond donors (Lipinski definition) is 2. The number of amides is 1. The summed E-state index contributed by atoms with van der Waals surface area (Å²) in [5.74, 6) is 0.151. The van der Waals surface area contributed by atoms with Gasteiger partial charge >= 0.3 is 0 Å². The molecule has 0 atom stereocenters. The first-order valence-electron chi connectivity index (χ1n) is 9.72. The maximum absolute atomic E-state index is 12.5. The van der Waals surface area contributed by atoms with Crippen LogP contribution in [0.25, 0.3) is 10.8 Å². The second-order valence-corrected chi connectivity index (χ2v) is 8.55. The van der Waals surface area contributed by atoms with Crippen molar-refractivity contribution in [1.29, 1.82) is 0 Å². The summed E-state index contributed by atoms with van der Waals surface area (Å²) in [7, 11) is 0. The van der Waals surface area contributed by atoms with Crippen LogP contribution in [-0.4, -0.2) is 17.2 Å². The van der Waals surface area contributed by atoms with Crippen molar-refractivity contribution in [2.24, 2.45) is 5.10 Å². The van der Waals surface area contributed by atoms with E-state index in [1.807, 2.05) is 66.7 Å². The Morgan fingerprint density at radius 3 is 2.50 bits per heavy atom. The minimum atomic E-state index is -0.487. The monoisotopic (exact) mass is 556 g/mol. The Bertz CT molecular complexity index is 1320. The fourth-order valence-electron chi connectivity index (χ4n) is 3.12. The Morgan fingerprint density at radius 1 is 1.03 bits per heavy atom. The number of phenolic OH excluding ortho intramolecular Hbond substituents is 1. The number of aromatic hydroxyl groups is 1. The molecule has 32 heavy (non-hydrogen) atoms. The average molecular weight is 557 g/mol. The molecule has 4 rings (SSSR count). The molecule has 0 aliphatic carbocycles. The van der Waals surface area contributed by atoms with Gasteiger partial charge in [0.05, 0.1) is 15.3 Å². The highest BCUT2D eigenvalue weighted by Crippen LogP contribution is 2.26.